The van der Waals surface area contributed by atoms with Crippen LogP contribution in [0.2, 0.25) is 0 Å². The number of amides is 1. The van der Waals surface area contributed by atoms with E-state index in [1.807, 2.05) is 46.0 Å². The van der Waals surface area contributed by atoms with Crippen LogP contribution < -0.4 is 0 Å². The second-order valence-corrected chi connectivity index (χ2v) is 7.28. The summed E-state index contributed by atoms with van der Waals surface area (Å²) in [5, 5.41) is 10.5. The summed E-state index contributed by atoms with van der Waals surface area (Å²) in [6.07, 6.45) is 4.05. The minimum absolute atomic E-state index is 0.106. The van der Waals surface area contributed by atoms with Gasteiger partial charge in [-0.2, -0.15) is 0 Å². The highest BCUT2D eigenvalue weighted by molar-refractivity contribution is 5.92. The number of aromatic nitrogens is 1. The lowest BCUT2D eigenvalue weighted by atomic mass is 9.88. The van der Waals surface area contributed by atoms with Crippen molar-refractivity contribution < 1.29 is 9.90 Å². The molecule has 1 aliphatic rings. The quantitative estimate of drug-likeness (QED) is 0.905. The first-order valence-corrected chi connectivity index (χ1v) is 9.24. The number of hydrogen-bond donors (Lipinski definition) is 1. The number of hydrogen-bond acceptors (Lipinski definition) is 2. The van der Waals surface area contributed by atoms with Crippen LogP contribution in [0, 0.1) is 5.92 Å². The molecule has 25 heavy (non-hydrogen) atoms. The van der Waals surface area contributed by atoms with Crippen molar-refractivity contribution in [2.75, 3.05) is 13.1 Å². The Kier molecular flexibility index (Phi) is 5.59. The Labute approximate surface area is 150 Å². The van der Waals surface area contributed by atoms with Crippen molar-refractivity contribution in [3.63, 3.8) is 0 Å². The van der Waals surface area contributed by atoms with E-state index in [0.717, 1.165) is 31.6 Å². The van der Waals surface area contributed by atoms with Gasteiger partial charge in [-0.3, -0.25) is 4.79 Å². The number of likely N-dealkylation sites (tertiary alicyclic amines) is 1. The molecule has 2 heterocycles. The molecule has 0 aliphatic carbocycles. The van der Waals surface area contributed by atoms with Gasteiger partial charge < -0.3 is 14.6 Å². The molecule has 3 rings (SSSR count). The number of aliphatic hydroxyl groups excluding tert-OH is 1. The molecule has 1 aliphatic heterocycles. The molecule has 1 N–H and O–H groups in total. The molecule has 0 bridgehead atoms. The molecule has 4 nitrogen and oxygen atoms in total. The predicted octanol–water partition coefficient (Wildman–Crippen LogP) is 3.52. The number of carbonyl (C=O) groups is 1. The van der Waals surface area contributed by atoms with Gasteiger partial charge in [0.2, 0.25) is 0 Å². The number of nitrogens with zero attached hydrogens (tertiary/aromatic N) is 2. The number of rotatable bonds is 5. The van der Waals surface area contributed by atoms with Gasteiger partial charge >= 0.3 is 0 Å². The molecule has 0 spiro atoms. The summed E-state index contributed by atoms with van der Waals surface area (Å²) in [6, 6.07) is 14.2. The van der Waals surface area contributed by atoms with Crippen LogP contribution in [-0.4, -0.2) is 39.7 Å². The van der Waals surface area contributed by atoms with Crippen LogP contribution >= 0.6 is 0 Å². The summed E-state index contributed by atoms with van der Waals surface area (Å²) in [5.41, 5.74) is 1.93. The molecule has 0 radical (unpaired) electrons. The number of aliphatic hydroxyl groups is 1. The number of piperidine rings is 1. The second kappa shape index (κ2) is 7.87. The smallest absolute Gasteiger partial charge is 0.270 e. The molecule has 134 valence electrons. The lowest BCUT2D eigenvalue weighted by molar-refractivity contribution is 0.0460. The molecule has 1 atom stereocenters. The van der Waals surface area contributed by atoms with E-state index in [-0.39, 0.29) is 24.0 Å². The first-order valence-electron chi connectivity index (χ1n) is 9.24. The highest BCUT2D eigenvalue weighted by Gasteiger charge is 2.29. The number of benzene rings is 1. The summed E-state index contributed by atoms with van der Waals surface area (Å²) in [6.45, 7) is 5.61. The van der Waals surface area contributed by atoms with Crippen molar-refractivity contribution in [2.45, 2.75) is 45.3 Å². The van der Waals surface area contributed by atoms with E-state index in [0.29, 0.717) is 6.42 Å². The highest BCUT2D eigenvalue weighted by atomic mass is 16.3. The summed E-state index contributed by atoms with van der Waals surface area (Å²) in [5.74, 6) is 0.371. The Morgan fingerprint density at radius 1 is 1.12 bits per heavy atom. The maximum Gasteiger partial charge on any atom is 0.270 e. The van der Waals surface area contributed by atoms with Gasteiger partial charge in [0.1, 0.15) is 5.69 Å². The van der Waals surface area contributed by atoms with Gasteiger partial charge in [-0.1, -0.05) is 30.3 Å². The lowest BCUT2D eigenvalue weighted by Gasteiger charge is -2.34. The third-order valence-corrected chi connectivity index (χ3v) is 5.21. The molecule has 1 fully saturated rings. The molecule has 0 saturated carbocycles. The van der Waals surface area contributed by atoms with Crippen LogP contribution in [-0.2, 0) is 6.42 Å². The molecule has 4 heteroatoms. The van der Waals surface area contributed by atoms with Gasteiger partial charge in [-0.25, -0.2) is 0 Å². The number of carbonyl (C=O) groups excluding carboxylic acids is 1. The Bertz CT molecular complexity index is 685. The van der Waals surface area contributed by atoms with Gasteiger partial charge in [0.15, 0.2) is 0 Å². The molecule has 1 saturated heterocycles. The third-order valence-electron chi connectivity index (χ3n) is 5.21. The highest BCUT2D eigenvalue weighted by Crippen LogP contribution is 2.24. The minimum Gasteiger partial charge on any atom is -0.392 e. The first-order chi connectivity index (χ1) is 12.1. The van der Waals surface area contributed by atoms with Crippen molar-refractivity contribution in [2.24, 2.45) is 5.92 Å². The van der Waals surface area contributed by atoms with Crippen LogP contribution in [0.1, 0.15) is 48.8 Å². The molecular formula is C21H28N2O2. The van der Waals surface area contributed by atoms with Crippen molar-refractivity contribution in [3.8, 4) is 0 Å². The summed E-state index contributed by atoms with van der Waals surface area (Å²) < 4.78 is 2.03. The van der Waals surface area contributed by atoms with Gasteiger partial charge in [0.25, 0.3) is 5.91 Å². The maximum atomic E-state index is 12.8. The average molecular weight is 340 g/mol. The van der Waals surface area contributed by atoms with Gasteiger partial charge in [0.05, 0.1) is 6.10 Å². The van der Waals surface area contributed by atoms with Crippen molar-refractivity contribution >= 4 is 5.91 Å². The van der Waals surface area contributed by atoms with Crippen molar-refractivity contribution in [1.82, 2.24) is 9.47 Å². The van der Waals surface area contributed by atoms with Crippen molar-refractivity contribution in [3.05, 3.63) is 59.9 Å². The fourth-order valence-electron chi connectivity index (χ4n) is 3.70. The fourth-order valence-corrected chi connectivity index (χ4v) is 3.70. The topological polar surface area (TPSA) is 45.5 Å². The maximum absolute atomic E-state index is 12.8. The standard InChI is InChI=1S/C21H28N2O2/c1-16(2)23-12-6-9-19(23)21(25)22-13-10-18(11-14-22)20(24)15-17-7-4-3-5-8-17/h3-9,12,16,18,20,24H,10-11,13-15H2,1-2H3. The Morgan fingerprint density at radius 3 is 2.44 bits per heavy atom. The van der Waals surface area contributed by atoms with E-state index in [9.17, 15) is 9.90 Å². The zero-order valence-electron chi connectivity index (χ0n) is 15.1. The molecular weight excluding hydrogens is 312 g/mol. The van der Waals surface area contributed by atoms with E-state index >= 15 is 0 Å². The van der Waals surface area contributed by atoms with Gasteiger partial charge in [0, 0.05) is 25.3 Å². The zero-order chi connectivity index (χ0) is 17.8. The summed E-state index contributed by atoms with van der Waals surface area (Å²) >= 11 is 0. The van der Waals surface area contributed by atoms with Crippen LogP contribution in [0.25, 0.3) is 0 Å². The average Bonchev–Trinajstić information content (AvgIpc) is 3.12. The Hall–Kier alpha value is -2.07. The van der Waals surface area contributed by atoms with Crippen LogP contribution in [0.4, 0.5) is 0 Å². The van der Waals surface area contributed by atoms with E-state index in [1.54, 1.807) is 0 Å². The van der Waals surface area contributed by atoms with Gasteiger partial charge in [-0.15, -0.1) is 0 Å². The summed E-state index contributed by atoms with van der Waals surface area (Å²) in [4.78, 5) is 14.7. The fraction of sp³-hybridized carbons (Fsp3) is 0.476. The van der Waals surface area contributed by atoms with Crippen LogP contribution in [0.15, 0.2) is 48.7 Å². The van der Waals surface area contributed by atoms with E-state index < -0.39 is 0 Å². The predicted molar refractivity (Wildman–Crippen MR) is 99.6 cm³/mol. The molecule has 1 aromatic heterocycles. The van der Waals surface area contributed by atoms with Crippen molar-refractivity contribution in [1.29, 1.82) is 0 Å². The SMILES string of the molecule is CC(C)n1cccc1C(=O)N1CCC(C(O)Cc2ccccc2)CC1. The lowest BCUT2D eigenvalue weighted by Crippen LogP contribution is -2.42. The van der Waals surface area contributed by atoms with E-state index in [4.69, 9.17) is 0 Å². The Morgan fingerprint density at radius 2 is 1.80 bits per heavy atom. The zero-order valence-corrected chi connectivity index (χ0v) is 15.1. The minimum atomic E-state index is -0.334. The molecule has 2 aromatic rings. The normalized spacial score (nSPS) is 17.0. The first kappa shape index (κ1) is 17.7. The summed E-state index contributed by atoms with van der Waals surface area (Å²) in [7, 11) is 0. The Balaban J connectivity index is 1.56. The van der Waals surface area contributed by atoms with Crippen LogP contribution in [0.3, 0.4) is 0 Å². The largest absolute Gasteiger partial charge is 0.392 e. The molecule has 1 amide bonds. The van der Waals surface area contributed by atoms with E-state index in [2.05, 4.69) is 26.0 Å². The molecule has 1 unspecified atom stereocenters. The van der Waals surface area contributed by atoms with Crippen LogP contribution in [0.5, 0.6) is 0 Å². The monoisotopic (exact) mass is 340 g/mol. The van der Waals surface area contributed by atoms with E-state index in [1.165, 1.54) is 5.56 Å². The third kappa shape index (κ3) is 4.13. The molecule has 1 aromatic carbocycles. The second-order valence-electron chi connectivity index (χ2n) is 7.28. The van der Waals surface area contributed by atoms with Gasteiger partial charge in [-0.05, 0) is 56.7 Å².